The van der Waals surface area contributed by atoms with Crippen molar-refractivity contribution < 1.29 is 17.9 Å². The smallest absolute Gasteiger partial charge is 0.238 e. The number of carbonyl (C=O) groups excluding carboxylic acids is 1. The predicted molar refractivity (Wildman–Crippen MR) is 66.4 cm³/mol. The Labute approximate surface area is 103 Å². The topological polar surface area (TPSA) is 98.5 Å². The van der Waals surface area contributed by atoms with Crippen molar-refractivity contribution in [2.24, 2.45) is 11.7 Å². The van der Waals surface area contributed by atoms with Crippen LogP contribution in [0.25, 0.3) is 0 Å². The van der Waals surface area contributed by atoms with Crippen LogP contribution < -0.4 is 11.1 Å². The second-order valence-electron chi connectivity index (χ2n) is 4.10. The van der Waals surface area contributed by atoms with Gasteiger partial charge in [0.1, 0.15) is 5.25 Å². The van der Waals surface area contributed by atoms with Crippen LogP contribution in [0.2, 0.25) is 0 Å². The summed E-state index contributed by atoms with van der Waals surface area (Å²) >= 11 is 0. The molecule has 0 aliphatic rings. The molecule has 0 spiro atoms. The molecule has 2 atom stereocenters. The third kappa shape index (κ3) is 5.99. The van der Waals surface area contributed by atoms with Crippen molar-refractivity contribution in [1.29, 1.82) is 0 Å². The van der Waals surface area contributed by atoms with Crippen molar-refractivity contribution in [2.75, 3.05) is 32.6 Å². The third-order valence-corrected chi connectivity index (χ3v) is 4.76. The Morgan fingerprint density at radius 1 is 1.41 bits per heavy atom. The highest BCUT2D eigenvalue weighted by atomic mass is 32.2. The van der Waals surface area contributed by atoms with Gasteiger partial charge in [-0.15, -0.1) is 0 Å². The lowest BCUT2D eigenvalue weighted by atomic mass is 10.2. The number of amides is 1. The van der Waals surface area contributed by atoms with Crippen LogP contribution in [-0.4, -0.2) is 52.1 Å². The van der Waals surface area contributed by atoms with Gasteiger partial charge in [-0.1, -0.05) is 6.92 Å². The minimum Gasteiger partial charge on any atom is -0.383 e. The van der Waals surface area contributed by atoms with Crippen LogP contribution in [0.15, 0.2) is 0 Å². The highest BCUT2D eigenvalue weighted by molar-refractivity contribution is 7.92. The monoisotopic (exact) mass is 266 g/mol. The van der Waals surface area contributed by atoms with E-state index in [-0.39, 0.29) is 18.2 Å². The average Bonchev–Trinajstić information content (AvgIpc) is 2.27. The molecule has 102 valence electrons. The first kappa shape index (κ1) is 16.3. The number of rotatable bonds is 8. The molecule has 0 aliphatic heterocycles. The molecule has 0 fully saturated rings. The van der Waals surface area contributed by atoms with Gasteiger partial charge in [-0.3, -0.25) is 4.79 Å². The highest BCUT2D eigenvalue weighted by Crippen LogP contribution is 2.07. The summed E-state index contributed by atoms with van der Waals surface area (Å²) in [5.74, 6) is -0.706. The van der Waals surface area contributed by atoms with Crippen LogP contribution >= 0.6 is 0 Å². The lowest BCUT2D eigenvalue weighted by molar-refractivity contribution is -0.120. The fraction of sp³-hybridized carbons (Fsp3) is 0.900. The van der Waals surface area contributed by atoms with E-state index in [9.17, 15) is 13.2 Å². The number of nitrogens with two attached hydrogens (primary N) is 1. The van der Waals surface area contributed by atoms with E-state index in [0.29, 0.717) is 13.2 Å². The second-order valence-corrected chi connectivity index (χ2v) is 6.46. The summed E-state index contributed by atoms with van der Waals surface area (Å²) < 4.78 is 28.4. The van der Waals surface area contributed by atoms with Gasteiger partial charge in [-0.2, -0.15) is 0 Å². The Hall–Kier alpha value is -0.660. The summed E-state index contributed by atoms with van der Waals surface area (Å²) in [5, 5.41) is 1.46. The summed E-state index contributed by atoms with van der Waals surface area (Å²) in [6, 6.07) is 0. The largest absolute Gasteiger partial charge is 0.383 e. The van der Waals surface area contributed by atoms with E-state index in [2.05, 4.69) is 5.32 Å². The second kappa shape index (κ2) is 7.62. The zero-order chi connectivity index (χ0) is 13.5. The highest BCUT2D eigenvalue weighted by Gasteiger charge is 2.28. The summed E-state index contributed by atoms with van der Waals surface area (Å²) in [4.78, 5) is 11.6. The van der Waals surface area contributed by atoms with Gasteiger partial charge in [0.15, 0.2) is 9.84 Å². The van der Waals surface area contributed by atoms with Crippen LogP contribution in [0.1, 0.15) is 13.8 Å². The van der Waals surface area contributed by atoms with Gasteiger partial charge in [-0.25, -0.2) is 8.42 Å². The third-order valence-electron chi connectivity index (χ3n) is 2.43. The van der Waals surface area contributed by atoms with Crippen molar-refractivity contribution in [3.05, 3.63) is 0 Å². The molecule has 0 rings (SSSR count). The van der Waals surface area contributed by atoms with Crippen LogP contribution in [0, 0.1) is 5.92 Å². The number of carbonyl (C=O) groups is 1. The summed E-state index contributed by atoms with van der Waals surface area (Å²) in [6.45, 7) is 4.09. The Morgan fingerprint density at radius 3 is 2.47 bits per heavy atom. The molecule has 0 saturated heterocycles. The van der Waals surface area contributed by atoms with Crippen LogP contribution in [0.5, 0.6) is 0 Å². The quantitative estimate of drug-likeness (QED) is 0.557. The number of sulfone groups is 1. The van der Waals surface area contributed by atoms with E-state index in [1.54, 1.807) is 6.92 Å². The normalized spacial score (nSPS) is 15.3. The van der Waals surface area contributed by atoms with Crippen molar-refractivity contribution in [3.63, 3.8) is 0 Å². The minimum atomic E-state index is -3.44. The van der Waals surface area contributed by atoms with E-state index in [0.717, 1.165) is 0 Å². The first-order valence-corrected chi connectivity index (χ1v) is 7.25. The molecule has 17 heavy (non-hydrogen) atoms. The number of nitrogens with one attached hydrogen (secondary N) is 1. The Morgan fingerprint density at radius 2 is 2.00 bits per heavy atom. The SMILES string of the molecule is COCCNC(=O)C(C)S(=O)(=O)CC(C)CN. The van der Waals surface area contributed by atoms with E-state index in [4.69, 9.17) is 10.5 Å². The van der Waals surface area contributed by atoms with Gasteiger partial charge in [0.2, 0.25) is 5.91 Å². The maximum absolute atomic E-state index is 11.8. The molecule has 0 bridgehead atoms. The molecular formula is C10H22N2O4S. The van der Waals surface area contributed by atoms with Crippen molar-refractivity contribution in [1.82, 2.24) is 5.32 Å². The molecule has 0 aromatic heterocycles. The number of hydrogen-bond donors (Lipinski definition) is 2. The average molecular weight is 266 g/mol. The van der Waals surface area contributed by atoms with E-state index in [1.165, 1.54) is 14.0 Å². The van der Waals surface area contributed by atoms with Crippen molar-refractivity contribution in [2.45, 2.75) is 19.1 Å². The Kier molecular flexibility index (Phi) is 7.33. The molecule has 0 aromatic rings. The molecule has 0 heterocycles. The predicted octanol–water partition coefficient (Wildman–Crippen LogP) is -0.853. The molecule has 2 unspecified atom stereocenters. The zero-order valence-electron chi connectivity index (χ0n) is 10.6. The van der Waals surface area contributed by atoms with Crippen molar-refractivity contribution >= 4 is 15.7 Å². The van der Waals surface area contributed by atoms with Crippen molar-refractivity contribution in [3.8, 4) is 0 Å². The first-order chi connectivity index (χ1) is 7.85. The van der Waals surface area contributed by atoms with Crippen LogP contribution in [-0.2, 0) is 19.4 Å². The van der Waals surface area contributed by atoms with Crippen LogP contribution in [0.3, 0.4) is 0 Å². The molecular weight excluding hydrogens is 244 g/mol. The molecule has 0 radical (unpaired) electrons. The lowest BCUT2D eigenvalue weighted by Crippen LogP contribution is -2.41. The molecule has 0 aliphatic carbocycles. The van der Waals surface area contributed by atoms with Gasteiger partial charge in [0, 0.05) is 13.7 Å². The van der Waals surface area contributed by atoms with Gasteiger partial charge in [0.25, 0.3) is 0 Å². The fourth-order valence-electron chi connectivity index (χ4n) is 1.19. The number of hydrogen-bond acceptors (Lipinski definition) is 5. The summed E-state index contributed by atoms with van der Waals surface area (Å²) in [6.07, 6.45) is 0. The summed E-state index contributed by atoms with van der Waals surface area (Å²) in [5.41, 5.74) is 5.37. The van der Waals surface area contributed by atoms with E-state index >= 15 is 0 Å². The molecule has 1 amide bonds. The van der Waals surface area contributed by atoms with Gasteiger partial charge >= 0.3 is 0 Å². The summed E-state index contributed by atoms with van der Waals surface area (Å²) in [7, 11) is -1.93. The van der Waals surface area contributed by atoms with E-state index in [1.807, 2.05) is 0 Å². The van der Waals surface area contributed by atoms with Gasteiger partial charge < -0.3 is 15.8 Å². The minimum absolute atomic E-state index is 0.0671. The number of methoxy groups -OCH3 is 1. The van der Waals surface area contributed by atoms with Gasteiger partial charge in [-0.05, 0) is 19.4 Å². The Bertz CT molecular complexity index is 329. The van der Waals surface area contributed by atoms with Gasteiger partial charge in [0.05, 0.1) is 12.4 Å². The Balaban J connectivity index is 4.36. The molecule has 0 saturated carbocycles. The standard InChI is InChI=1S/C10H22N2O4S/c1-8(6-11)7-17(14,15)9(2)10(13)12-4-5-16-3/h8-9H,4-7,11H2,1-3H3,(H,12,13). The maximum atomic E-state index is 11.8. The zero-order valence-corrected chi connectivity index (χ0v) is 11.4. The lowest BCUT2D eigenvalue weighted by Gasteiger charge is -2.15. The van der Waals surface area contributed by atoms with Crippen LogP contribution in [0.4, 0.5) is 0 Å². The molecule has 0 aromatic carbocycles. The van der Waals surface area contributed by atoms with E-state index < -0.39 is 21.0 Å². The molecule has 7 heteroatoms. The first-order valence-electron chi connectivity index (χ1n) is 5.53. The molecule has 6 nitrogen and oxygen atoms in total. The maximum Gasteiger partial charge on any atom is 0.238 e. The fourth-order valence-corrected chi connectivity index (χ4v) is 2.82. The molecule has 3 N–H and O–H groups in total. The number of ether oxygens (including phenoxy) is 1.